The third kappa shape index (κ3) is 4.32. The Bertz CT molecular complexity index is 979. The first-order chi connectivity index (χ1) is 13.1. The molecule has 0 saturated heterocycles. The van der Waals surface area contributed by atoms with Gasteiger partial charge in [-0.25, -0.2) is 5.43 Å². The second-order valence-corrected chi connectivity index (χ2v) is 6.30. The molecule has 0 fully saturated rings. The minimum absolute atomic E-state index is 0.0566. The molecular weight excluding hydrogens is 344 g/mol. The number of carbonyl (C=O) groups is 1. The molecule has 3 rings (SSSR count). The van der Waals surface area contributed by atoms with Gasteiger partial charge in [0.1, 0.15) is 5.75 Å². The number of aromatic hydroxyl groups is 1. The lowest BCUT2D eigenvalue weighted by molar-refractivity contribution is -0.121. The average molecular weight is 366 g/mol. The number of fused-ring (bicyclic) bond motifs is 1. The number of hydrogen-bond donors (Lipinski definition) is 4. The number of aromatic amines is 1. The van der Waals surface area contributed by atoms with Crippen molar-refractivity contribution < 1.29 is 15.0 Å². The second-order valence-electron chi connectivity index (χ2n) is 6.30. The third-order valence-electron chi connectivity index (χ3n) is 4.44. The van der Waals surface area contributed by atoms with Gasteiger partial charge in [-0.3, -0.25) is 9.78 Å². The molecule has 140 valence electrons. The Morgan fingerprint density at radius 1 is 1.33 bits per heavy atom. The maximum Gasteiger partial charge on any atom is 0.240 e. The molecule has 0 radical (unpaired) electrons. The van der Waals surface area contributed by atoms with Crippen LogP contribution >= 0.6 is 0 Å². The Labute approximate surface area is 156 Å². The van der Waals surface area contributed by atoms with Crippen LogP contribution in [0.15, 0.2) is 41.8 Å². The second kappa shape index (κ2) is 8.46. The molecule has 0 atom stereocenters. The zero-order valence-corrected chi connectivity index (χ0v) is 15.1. The first kappa shape index (κ1) is 18.6. The molecule has 1 aromatic carbocycles. The number of nitrogens with one attached hydrogen (secondary N) is 2. The predicted molar refractivity (Wildman–Crippen MR) is 104 cm³/mol. The number of hydrogen-bond acceptors (Lipinski definition) is 5. The highest BCUT2D eigenvalue weighted by Crippen LogP contribution is 2.22. The summed E-state index contributed by atoms with van der Waals surface area (Å²) >= 11 is 0. The zero-order chi connectivity index (χ0) is 19.2. The molecular formula is C20H22N4O3. The minimum atomic E-state index is -0.277. The number of H-pyrrole nitrogens is 1. The van der Waals surface area contributed by atoms with Gasteiger partial charge in [0.15, 0.2) is 0 Å². The summed E-state index contributed by atoms with van der Waals surface area (Å²) in [7, 11) is 0. The molecule has 3 aromatic rings. The summed E-state index contributed by atoms with van der Waals surface area (Å²) in [6.07, 6.45) is 6.61. The van der Waals surface area contributed by atoms with Crippen LogP contribution in [-0.4, -0.2) is 32.3 Å². The van der Waals surface area contributed by atoms with Crippen molar-refractivity contribution in [3.8, 4) is 5.75 Å². The van der Waals surface area contributed by atoms with Crippen molar-refractivity contribution in [2.45, 2.75) is 32.8 Å². The fourth-order valence-electron chi connectivity index (χ4n) is 2.93. The van der Waals surface area contributed by atoms with Gasteiger partial charge in [0.25, 0.3) is 0 Å². The van der Waals surface area contributed by atoms with Crippen molar-refractivity contribution >= 4 is 23.0 Å². The first-order valence-electron chi connectivity index (χ1n) is 8.75. The Kier molecular flexibility index (Phi) is 5.83. The molecule has 1 amide bonds. The highest BCUT2D eigenvalue weighted by Gasteiger charge is 2.10. The Balaban J connectivity index is 1.53. The quantitative estimate of drug-likeness (QED) is 0.380. The number of aromatic nitrogens is 2. The van der Waals surface area contributed by atoms with E-state index in [1.165, 1.54) is 23.4 Å². The maximum absolute atomic E-state index is 12.0. The molecule has 0 aliphatic heterocycles. The number of rotatable bonds is 7. The fraction of sp³-hybridized carbons (Fsp3) is 0.250. The van der Waals surface area contributed by atoms with Crippen LogP contribution in [0.5, 0.6) is 5.75 Å². The number of aliphatic hydroxyl groups is 1. The van der Waals surface area contributed by atoms with E-state index in [4.69, 9.17) is 0 Å². The molecule has 0 spiro atoms. The topological polar surface area (TPSA) is 111 Å². The van der Waals surface area contributed by atoms with E-state index < -0.39 is 0 Å². The van der Waals surface area contributed by atoms with E-state index in [1.54, 1.807) is 6.92 Å². The van der Waals surface area contributed by atoms with Crippen LogP contribution in [0.3, 0.4) is 0 Å². The molecule has 2 heterocycles. The Morgan fingerprint density at radius 3 is 2.96 bits per heavy atom. The van der Waals surface area contributed by atoms with Gasteiger partial charge in [0.2, 0.25) is 5.91 Å². The lowest BCUT2D eigenvalue weighted by Crippen LogP contribution is -2.17. The van der Waals surface area contributed by atoms with Gasteiger partial charge in [-0.2, -0.15) is 5.10 Å². The largest absolute Gasteiger partial charge is 0.505 e. The summed E-state index contributed by atoms with van der Waals surface area (Å²) in [6, 6.07) is 8.07. The number of hydrazone groups is 1. The van der Waals surface area contributed by atoms with Crippen LogP contribution < -0.4 is 5.43 Å². The number of aliphatic hydroxyl groups excluding tert-OH is 1. The molecule has 27 heavy (non-hydrogen) atoms. The van der Waals surface area contributed by atoms with Gasteiger partial charge in [0.05, 0.1) is 18.5 Å². The highest BCUT2D eigenvalue weighted by atomic mass is 16.3. The SMILES string of the molecule is Cc1ncc(CO)c(/C=N/NC(=O)CCCc2c[nH]c3ccccc23)c1O. The molecule has 7 nitrogen and oxygen atoms in total. The summed E-state index contributed by atoms with van der Waals surface area (Å²) < 4.78 is 0. The minimum Gasteiger partial charge on any atom is -0.505 e. The molecule has 4 N–H and O–H groups in total. The number of para-hydroxylation sites is 1. The van der Waals surface area contributed by atoms with Crippen LogP contribution in [-0.2, 0) is 17.8 Å². The molecule has 0 unspecified atom stereocenters. The van der Waals surface area contributed by atoms with E-state index in [0.717, 1.165) is 11.9 Å². The Hall–Kier alpha value is -3.19. The van der Waals surface area contributed by atoms with Crippen LogP contribution in [0.1, 0.15) is 35.2 Å². The van der Waals surface area contributed by atoms with Crippen molar-refractivity contribution in [3.05, 3.63) is 59.0 Å². The molecule has 7 heteroatoms. The van der Waals surface area contributed by atoms with Crippen LogP contribution in [0, 0.1) is 6.92 Å². The molecule has 0 saturated carbocycles. The summed E-state index contributed by atoms with van der Waals surface area (Å²) in [5.74, 6) is -0.263. The summed E-state index contributed by atoms with van der Waals surface area (Å²) in [6.45, 7) is 1.37. The standard InChI is InChI=1S/C20H22N4O3/c1-13-20(27)17(15(12-25)10-21-13)11-23-24-19(26)8-4-5-14-9-22-18-7-3-2-6-16(14)18/h2-3,6-7,9-11,22,25,27H,4-5,8,12H2,1H3,(H,24,26)/b23-11+. The van der Waals surface area contributed by atoms with Gasteiger partial charge in [-0.1, -0.05) is 18.2 Å². The number of nitrogens with zero attached hydrogens (tertiary/aromatic N) is 2. The normalized spacial score (nSPS) is 11.3. The van der Waals surface area contributed by atoms with E-state index in [9.17, 15) is 15.0 Å². The lowest BCUT2D eigenvalue weighted by Gasteiger charge is -2.07. The van der Waals surface area contributed by atoms with E-state index in [1.807, 2.05) is 24.4 Å². The first-order valence-corrected chi connectivity index (χ1v) is 8.75. The van der Waals surface area contributed by atoms with Crippen LogP contribution in [0.4, 0.5) is 0 Å². The Morgan fingerprint density at radius 2 is 2.15 bits per heavy atom. The monoisotopic (exact) mass is 366 g/mol. The maximum atomic E-state index is 12.0. The lowest BCUT2D eigenvalue weighted by atomic mass is 10.1. The number of benzene rings is 1. The average Bonchev–Trinajstić information content (AvgIpc) is 3.08. The van der Waals surface area contributed by atoms with E-state index in [-0.39, 0.29) is 18.3 Å². The predicted octanol–water partition coefficient (Wildman–Crippen LogP) is 2.54. The number of pyridine rings is 1. The van der Waals surface area contributed by atoms with Crippen molar-refractivity contribution in [2.24, 2.45) is 5.10 Å². The van der Waals surface area contributed by atoms with E-state index >= 15 is 0 Å². The van der Waals surface area contributed by atoms with E-state index in [2.05, 4.69) is 26.6 Å². The third-order valence-corrected chi connectivity index (χ3v) is 4.44. The number of carbonyl (C=O) groups excluding carboxylic acids is 1. The summed E-state index contributed by atoms with van der Waals surface area (Å²) in [5.41, 5.74) is 5.95. The molecule has 0 bridgehead atoms. The van der Waals surface area contributed by atoms with E-state index in [0.29, 0.717) is 29.7 Å². The van der Waals surface area contributed by atoms with Gasteiger partial charge in [-0.05, 0) is 31.4 Å². The van der Waals surface area contributed by atoms with Crippen molar-refractivity contribution in [1.29, 1.82) is 0 Å². The van der Waals surface area contributed by atoms with Gasteiger partial charge >= 0.3 is 0 Å². The highest BCUT2D eigenvalue weighted by molar-refractivity contribution is 5.87. The zero-order valence-electron chi connectivity index (χ0n) is 15.1. The van der Waals surface area contributed by atoms with Crippen LogP contribution in [0.25, 0.3) is 10.9 Å². The summed E-state index contributed by atoms with van der Waals surface area (Å²) in [4.78, 5) is 19.2. The molecule has 0 aliphatic carbocycles. The summed E-state index contributed by atoms with van der Waals surface area (Å²) in [5, 5.41) is 24.4. The molecule has 2 aromatic heterocycles. The molecule has 0 aliphatic rings. The fourth-order valence-corrected chi connectivity index (χ4v) is 2.93. The number of amides is 1. The number of aryl methyl sites for hydroxylation is 2. The van der Waals surface area contributed by atoms with Crippen molar-refractivity contribution in [3.63, 3.8) is 0 Å². The van der Waals surface area contributed by atoms with Crippen molar-refractivity contribution in [1.82, 2.24) is 15.4 Å². The van der Waals surface area contributed by atoms with Crippen LogP contribution in [0.2, 0.25) is 0 Å². The van der Waals surface area contributed by atoms with Gasteiger partial charge in [-0.15, -0.1) is 0 Å². The van der Waals surface area contributed by atoms with Crippen molar-refractivity contribution in [2.75, 3.05) is 0 Å². The van der Waals surface area contributed by atoms with Gasteiger partial charge in [0, 0.05) is 40.8 Å². The smallest absolute Gasteiger partial charge is 0.240 e. The van der Waals surface area contributed by atoms with Gasteiger partial charge < -0.3 is 15.2 Å².